The molecule has 304 valence electrons. The Morgan fingerprint density at radius 1 is 0.707 bits per heavy atom. The van der Waals surface area contributed by atoms with E-state index in [1.807, 2.05) is 90.4 Å². The van der Waals surface area contributed by atoms with Crippen molar-refractivity contribution < 1.29 is 24.0 Å². The second-order valence-electron chi connectivity index (χ2n) is 15.6. The molecular formula is C44H52N8O5S. The molecule has 5 amide bonds. The predicted octanol–water partition coefficient (Wildman–Crippen LogP) is 3.10. The Balaban J connectivity index is 1.17. The zero-order valence-electron chi connectivity index (χ0n) is 32.4. The third kappa shape index (κ3) is 9.75. The first-order valence-electron chi connectivity index (χ1n) is 20.2. The van der Waals surface area contributed by atoms with Crippen LogP contribution >= 0.6 is 11.3 Å². The van der Waals surface area contributed by atoms with E-state index in [0.717, 1.165) is 56.9 Å². The van der Waals surface area contributed by atoms with Gasteiger partial charge >= 0.3 is 0 Å². The van der Waals surface area contributed by atoms with E-state index >= 15 is 0 Å². The third-order valence-corrected chi connectivity index (χ3v) is 12.5. The first-order chi connectivity index (χ1) is 28.2. The summed E-state index contributed by atoms with van der Waals surface area (Å²) in [5.74, 6) is -2.43. The van der Waals surface area contributed by atoms with Crippen LogP contribution in [-0.4, -0.2) is 77.3 Å². The van der Waals surface area contributed by atoms with Gasteiger partial charge in [0.1, 0.15) is 24.2 Å². The fourth-order valence-electron chi connectivity index (χ4n) is 8.42. The number of primary amides is 1. The molecule has 0 radical (unpaired) electrons. The number of hydrogen-bond donors (Lipinski definition) is 8. The van der Waals surface area contributed by atoms with Gasteiger partial charge in [-0.3, -0.25) is 24.0 Å². The van der Waals surface area contributed by atoms with Crippen LogP contribution in [0.1, 0.15) is 55.2 Å². The van der Waals surface area contributed by atoms with Crippen molar-refractivity contribution in [1.82, 2.24) is 31.6 Å². The lowest BCUT2D eigenvalue weighted by molar-refractivity contribution is -0.134. The standard InChI is InChI=1S/C44H52N8O5S/c45-19-9-8-15-34(40(46)53)49-41(54)35(20-26-10-2-1-3-11-26)50-42(55)36(22-28-24-47-33-14-6-4-12-31(28)33)51-43(56)37(23-29-25-58-38-16-7-5-13-32(29)38)52-44(57)39-27-17-18-30(21-27)48-39/h1-7,10-14,16,24-25,27,30,34-37,39,47-48H,8-9,15,17-23,45H2,(H2,46,53)(H,49,54)(H,50,55)(H,51,56)(H,52,57)/t27-,30+,34+,35-,36+,37+,39?/m0/s1. The molecule has 5 aromatic rings. The molecule has 1 aliphatic heterocycles. The van der Waals surface area contributed by atoms with E-state index in [-0.39, 0.29) is 31.1 Å². The maximum Gasteiger partial charge on any atom is 0.243 e. The number of H-pyrrole nitrogens is 1. The molecule has 1 unspecified atom stereocenters. The van der Waals surface area contributed by atoms with Gasteiger partial charge in [-0.1, -0.05) is 66.7 Å². The van der Waals surface area contributed by atoms with Crippen molar-refractivity contribution in [2.45, 2.75) is 94.0 Å². The number of aromatic amines is 1. The highest BCUT2D eigenvalue weighted by atomic mass is 32.1. The Morgan fingerprint density at radius 2 is 1.34 bits per heavy atom. The first-order valence-corrected chi connectivity index (χ1v) is 21.1. The van der Waals surface area contributed by atoms with Crippen LogP contribution in [0.25, 0.3) is 21.0 Å². The van der Waals surface area contributed by atoms with Crippen molar-refractivity contribution in [3.05, 3.63) is 107 Å². The number of fused-ring (bicyclic) bond motifs is 4. The summed E-state index contributed by atoms with van der Waals surface area (Å²) in [7, 11) is 0. The number of carbonyl (C=O) groups is 5. The van der Waals surface area contributed by atoms with Gasteiger partial charge in [0.2, 0.25) is 29.5 Å². The molecule has 2 fully saturated rings. The van der Waals surface area contributed by atoms with Crippen molar-refractivity contribution in [2.75, 3.05) is 6.54 Å². The monoisotopic (exact) mass is 804 g/mol. The maximum absolute atomic E-state index is 14.6. The number of carbonyl (C=O) groups excluding carboxylic acids is 5. The van der Waals surface area contributed by atoms with Crippen molar-refractivity contribution in [1.29, 1.82) is 0 Å². The van der Waals surface area contributed by atoms with Crippen LogP contribution in [0.5, 0.6) is 0 Å². The lowest BCUT2D eigenvalue weighted by Crippen LogP contribution is -2.60. The molecule has 1 saturated carbocycles. The summed E-state index contributed by atoms with van der Waals surface area (Å²) in [4.78, 5) is 72.7. The van der Waals surface area contributed by atoms with E-state index in [9.17, 15) is 24.0 Å². The quantitative estimate of drug-likeness (QED) is 0.0584. The molecule has 2 aromatic heterocycles. The maximum atomic E-state index is 14.6. The molecule has 3 heterocycles. The molecule has 1 aliphatic carbocycles. The Morgan fingerprint density at radius 3 is 2.03 bits per heavy atom. The molecule has 10 N–H and O–H groups in total. The number of nitrogens with one attached hydrogen (secondary N) is 6. The van der Waals surface area contributed by atoms with Crippen molar-refractivity contribution in [3.63, 3.8) is 0 Å². The summed E-state index contributed by atoms with van der Waals surface area (Å²) in [5.41, 5.74) is 14.7. The number of para-hydroxylation sites is 1. The molecule has 2 bridgehead atoms. The lowest BCUT2D eigenvalue weighted by Gasteiger charge is -2.28. The van der Waals surface area contributed by atoms with Crippen LogP contribution in [0, 0.1) is 5.92 Å². The highest BCUT2D eigenvalue weighted by Crippen LogP contribution is 2.35. The molecule has 1 saturated heterocycles. The Labute approximate surface area is 341 Å². The number of aromatic nitrogens is 1. The van der Waals surface area contributed by atoms with Gasteiger partial charge in [0.05, 0.1) is 6.04 Å². The van der Waals surface area contributed by atoms with Crippen LogP contribution in [0.4, 0.5) is 0 Å². The highest BCUT2D eigenvalue weighted by molar-refractivity contribution is 7.17. The van der Waals surface area contributed by atoms with Gasteiger partial charge in [0.15, 0.2) is 0 Å². The summed E-state index contributed by atoms with van der Waals surface area (Å²) in [6.45, 7) is 0.433. The lowest BCUT2D eigenvalue weighted by atomic mass is 9.97. The molecule has 13 nitrogen and oxygen atoms in total. The van der Waals surface area contributed by atoms with E-state index in [4.69, 9.17) is 11.5 Å². The number of piperidine rings is 1. The molecule has 7 rings (SSSR count). The summed E-state index contributed by atoms with van der Waals surface area (Å²) in [6, 6.07) is 20.5. The van der Waals surface area contributed by atoms with Crippen molar-refractivity contribution in [2.24, 2.45) is 17.4 Å². The van der Waals surface area contributed by atoms with Crippen LogP contribution in [0.15, 0.2) is 90.4 Å². The minimum absolute atomic E-state index is 0.0836. The fourth-order valence-corrected chi connectivity index (χ4v) is 9.39. The Kier molecular flexibility index (Phi) is 13.2. The summed E-state index contributed by atoms with van der Waals surface area (Å²) < 4.78 is 1.06. The van der Waals surface area contributed by atoms with Gasteiger partial charge in [-0.2, -0.15) is 0 Å². The van der Waals surface area contributed by atoms with Gasteiger partial charge in [0, 0.05) is 47.1 Å². The SMILES string of the molecule is NCCCC[C@@H](NC(=O)[C@H](Cc1ccccc1)NC(=O)[C@@H](Cc1c[nH]c2ccccc12)NC(=O)[C@@H](Cc1csc2ccccc12)NC(=O)C1N[C@@H]2CC[C@H]1C2)C(N)=O. The largest absolute Gasteiger partial charge is 0.368 e. The number of unbranched alkanes of at least 4 members (excludes halogenated alkanes) is 1. The van der Waals surface area contributed by atoms with Crippen LogP contribution in [-0.2, 0) is 43.2 Å². The van der Waals surface area contributed by atoms with Crippen molar-refractivity contribution in [3.8, 4) is 0 Å². The van der Waals surface area contributed by atoms with Gasteiger partial charge in [-0.15, -0.1) is 11.3 Å². The van der Waals surface area contributed by atoms with E-state index in [1.165, 1.54) is 0 Å². The topological polar surface area (TPSA) is 213 Å². The van der Waals surface area contributed by atoms with Crippen LogP contribution in [0.3, 0.4) is 0 Å². The van der Waals surface area contributed by atoms with E-state index < -0.39 is 53.8 Å². The number of rotatable bonds is 19. The molecule has 2 aliphatic rings. The average Bonchev–Trinajstić information content (AvgIpc) is 4.05. The van der Waals surface area contributed by atoms with E-state index in [0.29, 0.717) is 31.8 Å². The second kappa shape index (κ2) is 18.8. The summed E-state index contributed by atoms with van der Waals surface area (Å²) in [5, 5.41) is 19.0. The smallest absolute Gasteiger partial charge is 0.243 e. The molecule has 3 aromatic carbocycles. The number of benzene rings is 3. The summed E-state index contributed by atoms with van der Waals surface area (Å²) in [6.07, 6.45) is 6.67. The first kappa shape index (κ1) is 40.6. The molecular weight excluding hydrogens is 753 g/mol. The van der Waals surface area contributed by atoms with Crippen LogP contribution in [0.2, 0.25) is 0 Å². The number of thiophene rings is 1. The van der Waals surface area contributed by atoms with Gasteiger partial charge in [-0.05, 0) is 90.6 Å². The normalized spacial score (nSPS) is 19.3. The fraction of sp³-hybridized carbons (Fsp3) is 0.386. The second-order valence-corrected chi connectivity index (χ2v) is 16.5. The predicted molar refractivity (Wildman–Crippen MR) is 226 cm³/mol. The molecule has 14 heteroatoms. The van der Waals surface area contributed by atoms with Gasteiger partial charge in [-0.25, -0.2) is 0 Å². The number of amides is 5. The Bertz CT molecular complexity index is 2240. The Hall–Kier alpha value is -5.57. The van der Waals surface area contributed by atoms with Gasteiger partial charge in [0.25, 0.3) is 0 Å². The average molecular weight is 805 g/mol. The zero-order valence-corrected chi connectivity index (χ0v) is 33.2. The number of hydrogen-bond acceptors (Lipinski definition) is 8. The van der Waals surface area contributed by atoms with Gasteiger partial charge < -0.3 is 43.0 Å². The summed E-state index contributed by atoms with van der Waals surface area (Å²) >= 11 is 1.57. The van der Waals surface area contributed by atoms with Crippen molar-refractivity contribution >= 4 is 61.9 Å². The zero-order chi connectivity index (χ0) is 40.6. The molecule has 58 heavy (non-hydrogen) atoms. The molecule has 7 atom stereocenters. The van der Waals surface area contributed by atoms with Crippen LogP contribution < -0.4 is 38.1 Å². The van der Waals surface area contributed by atoms with E-state index in [2.05, 4.69) is 31.6 Å². The number of nitrogens with two attached hydrogens (primary N) is 2. The third-order valence-electron chi connectivity index (χ3n) is 11.5. The minimum Gasteiger partial charge on any atom is -0.368 e. The molecule has 0 spiro atoms. The minimum atomic E-state index is -1.16. The van der Waals surface area contributed by atoms with E-state index in [1.54, 1.807) is 11.3 Å². The highest BCUT2D eigenvalue weighted by Gasteiger charge is 2.43.